The molecule has 0 saturated carbocycles. The smallest absolute Gasteiger partial charge is 0.410 e. The molecular formula is C27H33ClN4O5. The molecule has 0 N–H and O–H groups in total. The van der Waals surface area contributed by atoms with E-state index in [0.29, 0.717) is 24.0 Å². The minimum absolute atomic E-state index is 0.264. The third-order valence-corrected chi connectivity index (χ3v) is 6.84. The van der Waals surface area contributed by atoms with Gasteiger partial charge in [-0.25, -0.2) is 14.8 Å². The predicted octanol–water partition coefficient (Wildman–Crippen LogP) is 4.81. The van der Waals surface area contributed by atoms with Gasteiger partial charge in [0.25, 0.3) is 0 Å². The second kappa shape index (κ2) is 9.54. The molecule has 2 fully saturated rings. The number of hydrogen-bond acceptors (Lipinski definition) is 7. The molecule has 1 aromatic carbocycles. The van der Waals surface area contributed by atoms with Crippen LogP contribution >= 0.6 is 11.6 Å². The van der Waals surface area contributed by atoms with Crippen LogP contribution in [0.1, 0.15) is 40.2 Å². The first-order chi connectivity index (χ1) is 17.5. The number of carbonyl (C=O) groups excluding carboxylic acids is 1. The zero-order valence-electron chi connectivity index (χ0n) is 21.8. The highest BCUT2D eigenvalue weighted by Crippen LogP contribution is 2.46. The molecule has 2 aromatic heterocycles. The van der Waals surface area contributed by atoms with Crippen molar-refractivity contribution in [2.75, 3.05) is 13.2 Å². The second-order valence-corrected chi connectivity index (χ2v) is 11.5. The van der Waals surface area contributed by atoms with E-state index in [9.17, 15) is 4.79 Å². The molecule has 10 heteroatoms. The summed E-state index contributed by atoms with van der Waals surface area (Å²) in [6.45, 7) is 10.7. The van der Waals surface area contributed by atoms with Crippen molar-refractivity contribution in [3.63, 3.8) is 0 Å². The van der Waals surface area contributed by atoms with Crippen molar-refractivity contribution in [1.29, 1.82) is 0 Å². The lowest BCUT2D eigenvalue weighted by Gasteiger charge is -2.32. The van der Waals surface area contributed by atoms with Crippen LogP contribution in [-0.2, 0) is 32.1 Å². The largest absolute Gasteiger partial charge is 0.444 e. The van der Waals surface area contributed by atoms with E-state index in [1.807, 2.05) is 81.8 Å². The van der Waals surface area contributed by atoms with E-state index >= 15 is 0 Å². The van der Waals surface area contributed by atoms with Gasteiger partial charge in [-0.1, -0.05) is 41.9 Å². The number of aromatic nitrogens is 3. The Balaban J connectivity index is 1.46. The van der Waals surface area contributed by atoms with Gasteiger partial charge in [0.15, 0.2) is 5.79 Å². The average molecular weight is 529 g/mol. The first-order valence-electron chi connectivity index (χ1n) is 12.4. The second-order valence-electron chi connectivity index (χ2n) is 11.1. The van der Waals surface area contributed by atoms with Crippen molar-refractivity contribution in [2.45, 2.75) is 76.9 Å². The molecule has 9 nitrogen and oxygen atoms in total. The Bertz CT molecular complexity index is 1270. The molecule has 0 aliphatic carbocycles. The van der Waals surface area contributed by atoms with Crippen LogP contribution in [0.3, 0.4) is 0 Å². The number of benzene rings is 1. The van der Waals surface area contributed by atoms with Gasteiger partial charge in [-0.15, -0.1) is 0 Å². The van der Waals surface area contributed by atoms with E-state index in [-0.39, 0.29) is 13.2 Å². The quantitative estimate of drug-likeness (QED) is 0.424. The molecule has 2 aliphatic heterocycles. The van der Waals surface area contributed by atoms with Crippen LogP contribution in [0, 0.1) is 0 Å². The number of amides is 1. The topological polar surface area (TPSA) is 87.9 Å². The first kappa shape index (κ1) is 25.9. The maximum Gasteiger partial charge on any atom is 0.410 e. The molecule has 2 saturated heterocycles. The number of carbonyl (C=O) groups is 1. The van der Waals surface area contributed by atoms with Crippen molar-refractivity contribution in [3.8, 4) is 0 Å². The molecule has 37 heavy (non-hydrogen) atoms. The van der Waals surface area contributed by atoms with Gasteiger partial charge in [-0.2, -0.15) is 0 Å². The number of ether oxygens (including phenoxy) is 4. The van der Waals surface area contributed by atoms with Crippen molar-refractivity contribution >= 4 is 28.7 Å². The van der Waals surface area contributed by atoms with Gasteiger partial charge < -0.3 is 23.5 Å². The normalized spacial score (nSPS) is 25.0. The van der Waals surface area contributed by atoms with E-state index in [4.69, 9.17) is 30.5 Å². The number of hydrogen-bond donors (Lipinski definition) is 0. The van der Waals surface area contributed by atoms with E-state index in [1.165, 1.54) is 6.33 Å². The molecule has 4 heterocycles. The van der Waals surface area contributed by atoms with Crippen molar-refractivity contribution in [2.24, 2.45) is 0 Å². The fourth-order valence-electron chi connectivity index (χ4n) is 5.24. The molecular weight excluding hydrogens is 496 g/mol. The fraction of sp³-hybridized carbons (Fsp3) is 0.519. The number of nitrogens with zero attached hydrogens (tertiary/aromatic N) is 4. The minimum Gasteiger partial charge on any atom is -0.444 e. The lowest BCUT2D eigenvalue weighted by atomic mass is 9.96. The predicted molar refractivity (Wildman–Crippen MR) is 138 cm³/mol. The molecule has 0 radical (unpaired) electrons. The van der Waals surface area contributed by atoms with Crippen LogP contribution in [0.15, 0.2) is 48.9 Å². The van der Waals surface area contributed by atoms with Crippen LogP contribution in [-0.4, -0.2) is 67.8 Å². The number of halogens is 1. The molecule has 2 aliphatic rings. The number of rotatable bonds is 6. The van der Waals surface area contributed by atoms with Gasteiger partial charge in [-0.3, -0.25) is 4.90 Å². The monoisotopic (exact) mass is 528 g/mol. The molecule has 0 spiro atoms. The molecule has 198 valence electrons. The lowest BCUT2D eigenvalue weighted by molar-refractivity contribution is -0.179. The fourth-order valence-corrected chi connectivity index (χ4v) is 5.43. The molecule has 3 aromatic rings. The molecule has 0 bridgehead atoms. The summed E-state index contributed by atoms with van der Waals surface area (Å²) in [5, 5.41) is 1.13. The summed E-state index contributed by atoms with van der Waals surface area (Å²) in [4.78, 5) is 23.6. The van der Waals surface area contributed by atoms with Gasteiger partial charge in [0.05, 0.1) is 37.7 Å². The maximum absolute atomic E-state index is 13.4. The summed E-state index contributed by atoms with van der Waals surface area (Å²) in [6, 6.07) is 11.4. The Kier molecular flexibility index (Phi) is 6.68. The highest BCUT2D eigenvalue weighted by atomic mass is 35.5. The van der Waals surface area contributed by atoms with Crippen molar-refractivity contribution in [3.05, 3.63) is 59.6 Å². The number of likely N-dealkylation sites (tertiary alicyclic amines) is 1. The van der Waals surface area contributed by atoms with Crippen LogP contribution in [0.5, 0.6) is 0 Å². The van der Waals surface area contributed by atoms with Crippen LogP contribution < -0.4 is 0 Å². The van der Waals surface area contributed by atoms with E-state index in [0.717, 1.165) is 10.9 Å². The summed E-state index contributed by atoms with van der Waals surface area (Å²) >= 11 is 6.29. The van der Waals surface area contributed by atoms with Gasteiger partial charge in [0.1, 0.15) is 34.4 Å². The van der Waals surface area contributed by atoms with Gasteiger partial charge in [-0.05, 0) is 46.2 Å². The first-order valence-corrected chi connectivity index (χ1v) is 12.8. The van der Waals surface area contributed by atoms with E-state index in [1.54, 1.807) is 4.90 Å². The maximum atomic E-state index is 13.4. The van der Waals surface area contributed by atoms with E-state index in [2.05, 4.69) is 9.97 Å². The third kappa shape index (κ3) is 5.31. The van der Waals surface area contributed by atoms with Crippen molar-refractivity contribution in [1.82, 2.24) is 19.4 Å². The Hall–Kier alpha value is -2.72. The Morgan fingerprint density at radius 1 is 1.19 bits per heavy atom. The van der Waals surface area contributed by atoms with Gasteiger partial charge >= 0.3 is 6.09 Å². The van der Waals surface area contributed by atoms with Crippen LogP contribution in [0.2, 0.25) is 5.15 Å². The van der Waals surface area contributed by atoms with Crippen LogP contribution in [0.4, 0.5) is 4.79 Å². The highest BCUT2D eigenvalue weighted by molar-refractivity contribution is 6.33. The Morgan fingerprint density at radius 2 is 1.95 bits per heavy atom. The third-order valence-electron chi connectivity index (χ3n) is 6.54. The number of fused-ring (bicyclic) bond motifs is 2. The summed E-state index contributed by atoms with van der Waals surface area (Å²) in [6.07, 6.45) is 2.46. The standard InChI is InChI=1S/C27H33ClN4O5/c1-25(2,3)36-24(33)32-16-27(15-31-12-11-19-22(28)29-17-30-23(19)31)21(35-26(4,5)37-27)20(32)14-34-13-18-9-7-6-8-10-18/h6-12,17,20-21H,13-16H2,1-5H3/t20-,21-,27+/m1/s1. The van der Waals surface area contributed by atoms with Crippen molar-refractivity contribution < 1.29 is 23.7 Å². The highest BCUT2D eigenvalue weighted by Gasteiger charge is 2.64. The van der Waals surface area contributed by atoms with Gasteiger partial charge in [0, 0.05) is 6.20 Å². The Labute approximate surface area is 221 Å². The van der Waals surface area contributed by atoms with Gasteiger partial charge in [0.2, 0.25) is 0 Å². The molecule has 1 amide bonds. The van der Waals surface area contributed by atoms with Crippen LogP contribution in [0.25, 0.3) is 11.0 Å². The lowest BCUT2D eigenvalue weighted by Crippen LogP contribution is -2.46. The summed E-state index contributed by atoms with van der Waals surface area (Å²) in [7, 11) is 0. The average Bonchev–Trinajstić information content (AvgIpc) is 3.42. The Morgan fingerprint density at radius 3 is 2.68 bits per heavy atom. The summed E-state index contributed by atoms with van der Waals surface area (Å²) in [5.74, 6) is -0.849. The molecule has 0 unspecified atom stereocenters. The zero-order valence-corrected chi connectivity index (χ0v) is 22.6. The zero-order chi connectivity index (χ0) is 26.4. The molecule has 5 rings (SSSR count). The minimum atomic E-state index is -0.857. The SMILES string of the molecule is CC(C)(C)OC(=O)N1C[C@]2(Cn3ccc4c(Cl)ncnc43)OC(C)(C)O[C@@H]2[C@H]1COCc1ccccc1. The summed E-state index contributed by atoms with van der Waals surface area (Å²) in [5.41, 5.74) is 0.233. The molecule has 3 atom stereocenters. The summed E-state index contributed by atoms with van der Waals surface area (Å²) < 4.78 is 26.9. The van der Waals surface area contributed by atoms with E-state index < -0.39 is 35.2 Å².